The van der Waals surface area contributed by atoms with E-state index in [2.05, 4.69) is 32.6 Å². The van der Waals surface area contributed by atoms with Crippen LogP contribution in [0.3, 0.4) is 0 Å². The lowest BCUT2D eigenvalue weighted by Gasteiger charge is -2.05. The lowest BCUT2D eigenvalue weighted by atomic mass is 10.1. The molecule has 6 nitrogen and oxygen atoms in total. The SMILES string of the molecule is O=C(NCc1cc(C#CCO)ccc1F)c1cn[nH]n1. The zero-order valence-electron chi connectivity index (χ0n) is 10.4. The van der Waals surface area contributed by atoms with Gasteiger partial charge >= 0.3 is 0 Å². The standard InChI is InChI=1S/C13H11FN4O2/c14-11-4-3-9(2-1-5-19)6-10(11)7-15-13(20)12-8-16-18-17-12/h3-4,6,8,19H,5,7H2,(H,15,20)(H,16,17,18). The highest BCUT2D eigenvalue weighted by molar-refractivity contribution is 5.91. The van der Waals surface area contributed by atoms with Crippen molar-refractivity contribution in [3.05, 3.63) is 47.0 Å². The van der Waals surface area contributed by atoms with E-state index in [9.17, 15) is 9.18 Å². The Labute approximate surface area is 114 Å². The third-order valence-corrected chi connectivity index (χ3v) is 2.44. The van der Waals surface area contributed by atoms with Gasteiger partial charge in [-0.05, 0) is 18.2 Å². The Morgan fingerprint density at radius 1 is 1.50 bits per heavy atom. The van der Waals surface area contributed by atoms with Gasteiger partial charge in [-0.2, -0.15) is 15.4 Å². The summed E-state index contributed by atoms with van der Waals surface area (Å²) in [5.74, 6) is 4.24. The van der Waals surface area contributed by atoms with E-state index in [-0.39, 0.29) is 18.8 Å². The molecule has 0 aliphatic heterocycles. The predicted molar refractivity (Wildman–Crippen MR) is 67.9 cm³/mol. The number of nitrogens with one attached hydrogen (secondary N) is 2. The number of halogens is 1. The van der Waals surface area contributed by atoms with Crippen LogP contribution in [0.25, 0.3) is 0 Å². The molecule has 1 amide bonds. The molecule has 0 atom stereocenters. The van der Waals surface area contributed by atoms with Gasteiger partial charge < -0.3 is 10.4 Å². The van der Waals surface area contributed by atoms with Gasteiger partial charge in [-0.25, -0.2) is 4.39 Å². The molecule has 0 aliphatic carbocycles. The summed E-state index contributed by atoms with van der Waals surface area (Å²) < 4.78 is 13.6. The molecular weight excluding hydrogens is 263 g/mol. The number of aliphatic hydroxyl groups is 1. The van der Waals surface area contributed by atoms with Gasteiger partial charge in [-0.15, -0.1) is 0 Å². The fraction of sp³-hybridized carbons (Fsp3) is 0.154. The number of aliphatic hydroxyl groups excluding tert-OH is 1. The largest absolute Gasteiger partial charge is 0.384 e. The van der Waals surface area contributed by atoms with E-state index < -0.39 is 11.7 Å². The molecule has 0 spiro atoms. The van der Waals surface area contributed by atoms with Crippen molar-refractivity contribution in [3.8, 4) is 11.8 Å². The highest BCUT2D eigenvalue weighted by Crippen LogP contribution is 2.10. The monoisotopic (exact) mass is 274 g/mol. The molecule has 1 aromatic carbocycles. The van der Waals surface area contributed by atoms with Crippen molar-refractivity contribution in [2.24, 2.45) is 0 Å². The van der Waals surface area contributed by atoms with Crippen molar-refractivity contribution in [2.75, 3.05) is 6.61 Å². The van der Waals surface area contributed by atoms with Crippen molar-refractivity contribution in [2.45, 2.75) is 6.54 Å². The Balaban J connectivity index is 2.07. The van der Waals surface area contributed by atoms with E-state index in [4.69, 9.17) is 5.11 Å². The first-order valence-corrected chi connectivity index (χ1v) is 5.73. The Hall–Kier alpha value is -2.72. The second-order valence-electron chi connectivity index (χ2n) is 3.80. The van der Waals surface area contributed by atoms with Crippen LogP contribution in [0.2, 0.25) is 0 Å². The van der Waals surface area contributed by atoms with E-state index in [0.29, 0.717) is 11.1 Å². The zero-order chi connectivity index (χ0) is 14.4. The number of carbonyl (C=O) groups is 1. The Morgan fingerprint density at radius 2 is 2.35 bits per heavy atom. The van der Waals surface area contributed by atoms with E-state index in [0.717, 1.165) is 0 Å². The smallest absolute Gasteiger partial charge is 0.273 e. The summed E-state index contributed by atoms with van der Waals surface area (Å²) in [6, 6.07) is 4.28. The Bertz CT molecular complexity index is 659. The maximum absolute atomic E-state index is 13.6. The van der Waals surface area contributed by atoms with Gasteiger partial charge in [0.05, 0.1) is 6.20 Å². The first-order valence-electron chi connectivity index (χ1n) is 5.73. The minimum atomic E-state index is -0.454. The van der Waals surface area contributed by atoms with Gasteiger partial charge in [0.15, 0.2) is 5.69 Å². The molecule has 0 aliphatic rings. The van der Waals surface area contributed by atoms with Crippen molar-refractivity contribution in [1.82, 2.24) is 20.7 Å². The molecule has 1 aromatic heterocycles. The van der Waals surface area contributed by atoms with Crippen molar-refractivity contribution in [3.63, 3.8) is 0 Å². The Morgan fingerprint density at radius 3 is 3.05 bits per heavy atom. The molecule has 0 unspecified atom stereocenters. The highest BCUT2D eigenvalue weighted by Gasteiger charge is 2.09. The maximum Gasteiger partial charge on any atom is 0.273 e. The molecule has 0 radical (unpaired) electrons. The number of H-pyrrole nitrogens is 1. The van der Waals surface area contributed by atoms with Gasteiger partial charge in [-0.3, -0.25) is 4.79 Å². The number of benzene rings is 1. The summed E-state index contributed by atoms with van der Waals surface area (Å²) in [5, 5.41) is 20.6. The van der Waals surface area contributed by atoms with Crippen LogP contribution in [0.5, 0.6) is 0 Å². The van der Waals surface area contributed by atoms with Crippen molar-refractivity contribution < 1.29 is 14.3 Å². The van der Waals surface area contributed by atoms with Gasteiger partial charge in [0.1, 0.15) is 12.4 Å². The molecule has 20 heavy (non-hydrogen) atoms. The molecule has 3 N–H and O–H groups in total. The fourth-order valence-electron chi connectivity index (χ4n) is 1.51. The van der Waals surface area contributed by atoms with Crippen LogP contribution in [-0.4, -0.2) is 33.0 Å². The lowest BCUT2D eigenvalue weighted by molar-refractivity contribution is 0.0945. The quantitative estimate of drug-likeness (QED) is 0.698. The second-order valence-corrected chi connectivity index (χ2v) is 3.80. The minimum absolute atomic E-state index is 0.00612. The van der Waals surface area contributed by atoms with Gasteiger partial charge in [-0.1, -0.05) is 11.8 Å². The molecule has 7 heteroatoms. The van der Waals surface area contributed by atoms with Crippen molar-refractivity contribution in [1.29, 1.82) is 0 Å². The lowest BCUT2D eigenvalue weighted by Crippen LogP contribution is -2.23. The first-order chi connectivity index (χ1) is 9.70. The van der Waals surface area contributed by atoms with Crippen LogP contribution in [0.1, 0.15) is 21.6 Å². The van der Waals surface area contributed by atoms with Gasteiger partial charge in [0.2, 0.25) is 0 Å². The summed E-state index contributed by atoms with van der Waals surface area (Å²) in [4.78, 5) is 11.6. The topological polar surface area (TPSA) is 90.9 Å². The summed E-state index contributed by atoms with van der Waals surface area (Å²) in [5.41, 5.74) is 0.986. The zero-order valence-corrected chi connectivity index (χ0v) is 10.4. The molecule has 0 saturated heterocycles. The van der Waals surface area contributed by atoms with Crippen LogP contribution in [0.4, 0.5) is 4.39 Å². The number of amides is 1. The molecule has 0 saturated carbocycles. The average molecular weight is 274 g/mol. The molecule has 102 valence electrons. The van der Waals surface area contributed by atoms with E-state index >= 15 is 0 Å². The molecule has 2 aromatic rings. The van der Waals surface area contributed by atoms with Crippen LogP contribution in [0.15, 0.2) is 24.4 Å². The second kappa shape index (κ2) is 6.45. The number of aromatic nitrogens is 3. The summed E-state index contributed by atoms with van der Waals surface area (Å²) >= 11 is 0. The Kier molecular flexibility index (Phi) is 4.42. The fourth-order valence-corrected chi connectivity index (χ4v) is 1.51. The first kappa shape index (κ1) is 13.7. The highest BCUT2D eigenvalue weighted by atomic mass is 19.1. The predicted octanol–water partition coefficient (Wildman–Crippen LogP) is 0.218. The minimum Gasteiger partial charge on any atom is -0.384 e. The number of rotatable bonds is 3. The van der Waals surface area contributed by atoms with Gasteiger partial charge in [0, 0.05) is 17.7 Å². The number of aromatic amines is 1. The normalized spacial score (nSPS) is 9.70. The third kappa shape index (κ3) is 3.40. The van der Waals surface area contributed by atoms with E-state index in [1.54, 1.807) is 0 Å². The van der Waals surface area contributed by atoms with Crippen LogP contribution >= 0.6 is 0 Å². The number of hydrogen-bond donors (Lipinski definition) is 3. The van der Waals surface area contributed by atoms with Crippen molar-refractivity contribution >= 4 is 5.91 Å². The number of nitrogens with zero attached hydrogens (tertiary/aromatic N) is 2. The average Bonchev–Trinajstić information content (AvgIpc) is 2.99. The molecule has 0 fully saturated rings. The van der Waals surface area contributed by atoms with Crippen LogP contribution in [0, 0.1) is 17.7 Å². The third-order valence-electron chi connectivity index (χ3n) is 2.44. The summed E-state index contributed by atoms with van der Waals surface area (Å²) in [7, 11) is 0. The molecule has 0 bridgehead atoms. The van der Waals surface area contributed by atoms with Gasteiger partial charge in [0.25, 0.3) is 5.91 Å². The maximum atomic E-state index is 13.6. The molecule has 1 heterocycles. The number of carbonyl (C=O) groups excluding carboxylic acids is 1. The summed E-state index contributed by atoms with van der Waals surface area (Å²) in [6.45, 7) is -0.262. The summed E-state index contributed by atoms with van der Waals surface area (Å²) in [6.07, 6.45) is 1.27. The van der Waals surface area contributed by atoms with Crippen LogP contribution < -0.4 is 5.32 Å². The van der Waals surface area contributed by atoms with E-state index in [1.807, 2.05) is 0 Å². The van der Waals surface area contributed by atoms with E-state index in [1.165, 1.54) is 24.4 Å². The number of hydrogen-bond acceptors (Lipinski definition) is 4. The molecule has 2 rings (SSSR count). The van der Waals surface area contributed by atoms with Crippen LogP contribution in [-0.2, 0) is 6.54 Å². The molecular formula is C13H11FN4O2.